The molecule has 2 N–H and O–H groups in total. The Morgan fingerprint density at radius 3 is 2.24 bits per heavy atom. The first-order valence-electron chi connectivity index (χ1n) is 9.49. The van der Waals surface area contributed by atoms with Gasteiger partial charge in [0.1, 0.15) is 5.75 Å². The Bertz CT molecular complexity index is 878. The number of benzene rings is 1. The summed E-state index contributed by atoms with van der Waals surface area (Å²) in [5, 5.41) is 19.5. The van der Waals surface area contributed by atoms with Gasteiger partial charge in [-0.15, -0.1) is 0 Å². The zero-order chi connectivity index (χ0) is 21.7. The molecule has 0 saturated carbocycles. The van der Waals surface area contributed by atoms with Gasteiger partial charge in [-0.05, 0) is 23.0 Å². The Labute approximate surface area is 170 Å². The highest BCUT2D eigenvalue weighted by Gasteiger charge is 2.23. The largest absolute Gasteiger partial charge is 0.518 e. The molecule has 0 bridgehead atoms. The van der Waals surface area contributed by atoms with Crippen molar-refractivity contribution in [1.29, 1.82) is 0 Å². The van der Waals surface area contributed by atoms with Crippen LogP contribution in [-0.2, 0) is 18.1 Å². The summed E-state index contributed by atoms with van der Waals surface area (Å²) in [5.41, 5.74) is 2.40. The monoisotopic (exact) mass is 402 g/mol. The van der Waals surface area contributed by atoms with Gasteiger partial charge in [0.15, 0.2) is 18.2 Å². The third kappa shape index (κ3) is 4.92. The fraction of sp³-hybridized carbons (Fsp3) is 0.409. The number of carbonyl (C=O) groups is 2. The molecule has 29 heavy (non-hydrogen) atoms. The molecule has 1 heterocycles. The fourth-order valence-electron chi connectivity index (χ4n) is 3.07. The molecule has 0 saturated heterocycles. The smallest absolute Gasteiger partial charge is 0.502 e. The molecule has 0 aliphatic heterocycles. The molecule has 1 aromatic heterocycles. The molecular formula is C22H28NO6+. The van der Waals surface area contributed by atoms with Gasteiger partial charge in [-0.3, -0.25) is 4.79 Å². The lowest BCUT2D eigenvalue weighted by atomic mass is 9.94. The van der Waals surface area contributed by atoms with Crippen LogP contribution in [0, 0.1) is 6.92 Å². The lowest BCUT2D eigenvalue weighted by Gasteiger charge is -2.18. The maximum Gasteiger partial charge on any atom is 0.518 e. The van der Waals surface area contributed by atoms with Crippen molar-refractivity contribution in [3.8, 4) is 11.5 Å². The molecule has 0 unspecified atom stereocenters. The minimum atomic E-state index is -0.884. The summed E-state index contributed by atoms with van der Waals surface area (Å²) in [6.45, 7) is 8.92. The van der Waals surface area contributed by atoms with Crippen LogP contribution in [0.2, 0.25) is 0 Å². The van der Waals surface area contributed by atoms with E-state index in [2.05, 4.69) is 0 Å². The zero-order valence-corrected chi connectivity index (χ0v) is 17.4. The van der Waals surface area contributed by atoms with Gasteiger partial charge in [0.25, 0.3) is 6.73 Å². The molecule has 0 aliphatic carbocycles. The Morgan fingerprint density at radius 2 is 1.76 bits per heavy atom. The van der Waals surface area contributed by atoms with Crippen molar-refractivity contribution in [2.45, 2.75) is 59.8 Å². The molecule has 0 atom stereocenters. The number of aromatic hydroxyl groups is 1. The Hall–Kier alpha value is -2.93. The summed E-state index contributed by atoms with van der Waals surface area (Å²) < 4.78 is 12.2. The number of carbonyl (C=O) groups excluding carboxylic acids is 2. The van der Waals surface area contributed by atoms with Gasteiger partial charge in [-0.1, -0.05) is 45.9 Å². The standard InChI is InChI=1S/C22H27NO6/c1-13(2)17-7-6-8-18(14(3)4)21(17)29-22(27)28-12-23-9-16(10-24)19(11-25)20(26)15(23)5/h6-10,13-14,25H,11-12H2,1-5H3/p+1. The molecule has 0 fully saturated rings. The van der Waals surface area contributed by atoms with Gasteiger partial charge in [0.05, 0.1) is 12.2 Å². The number of rotatable bonds is 7. The van der Waals surface area contributed by atoms with Gasteiger partial charge < -0.3 is 19.7 Å². The van der Waals surface area contributed by atoms with Gasteiger partial charge in [-0.2, -0.15) is 4.57 Å². The van der Waals surface area contributed by atoms with Crippen LogP contribution in [0.4, 0.5) is 4.79 Å². The number of aromatic nitrogens is 1. The molecule has 0 radical (unpaired) electrons. The summed E-state index contributed by atoms with van der Waals surface area (Å²) in [4.78, 5) is 23.6. The van der Waals surface area contributed by atoms with E-state index in [0.29, 0.717) is 17.7 Å². The average Bonchev–Trinajstić information content (AvgIpc) is 2.68. The van der Waals surface area contributed by atoms with E-state index in [-0.39, 0.29) is 35.4 Å². The average molecular weight is 402 g/mol. The minimum absolute atomic E-state index is 0.111. The highest BCUT2D eigenvalue weighted by Crippen LogP contribution is 2.34. The van der Waals surface area contributed by atoms with Crippen LogP contribution in [0.3, 0.4) is 0 Å². The Balaban J connectivity index is 2.24. The van der Waals surface area contributed by atoms with Crippen LogP contribution in [0.5, 0.6) is 11.5 Å². The second-order valence-corrected chi connectivity index (χ2v) is 7.44. The summed E-state index contributed by atoms with van der Waals surface area (Å²) in [6.07, 6.45) is 1.04. The lowest BCUT2D eigenvalue weighted by Crippen LogP contribution is -2.40. The zero-order valence-electron chi connectivity index (χ0n) is 17.4. The van der Waals surface area contributed by atoms with Gasteiger partial charge in [0.2, 0.25) is 5.69 Å². The molecule has 7 heteroatoms. The predicted molar refractivity (Wildman–Crippen MR) is 106 cm³/mol. The molecule has 7 nitrogen and oxygen atoms in total. The van der Waals surface area contributed by atoms with Gasteiger partial charge in [0, 0.05) is 12.5 Å². The Morgan fingerprint density at radius 1 is 1.17 bits per heavy atom. The molecule has 156 valence electrons. The first-order valence-corrected chi connectivity index (χ1v) is 9.49. The van der Waals surface area contributed by atoms with E-state index in [4.69, 9.17) is 9.47 Å². The van der Waals surface area contributed by atoms with Crippen LogP contribution < -0.4 is 9.30 Å². The maximum atomic E-state index is 12.4. The third-order valence-corrected chi connectivity index (χ3v) is 4.81. The van der Waals surface area contributed by atoms with Crippen molar-refractivity contribution in [3.63, 3.8) is 0 Å². The first-order chi connectivity index (χ1) is 13.7. The van der Waals surface area contributed by atoms with E-state index in [9.17, 15) is 19.8 Å². The minimum Gasteiger partial charge on any atom is -0.502 e. The van der Waals surface area contributed by atoms with Crippen LogP contribution in [0.25, 0.3) is 0 Å². The normalized spacial score (nSPS) is 11.0. The second kappa shape index (κ2) is 9.52. The van der Waals surface area contributed by atoms with E-state index >= 15 is 0 Å². The molecule has 0 aliphatic rings. The topological polar surface area (TPSA) is 96.9 Å². The number of nitrogens with zero attached hydrogens (tertiary/aromatic N) is 1. The fourth-order valence-corrected chi connectivity index (χ4v) is 3.07. The van der Waals surface area contributed by atoms with E-state index < -0.39 is 12.8 Å². The Kier molecular flexibility index (Phi) is 7.34. The number of aldehydes is 1. The molecular weight excluding hydrogens is 374 g/mol. The van der Waals surface area contributed by atoms with E-state index in [1.807, 2.05) is 45.9 Å². The van der Waals surface area contributed by atoms with Crippen molar-refractivity contribution in [1.82, 2.24) is 0 Å². The molecule has 2 rings (SSSR count). The van der Waals surface area contributed by atoms with E-state index in [1.54, 1.807) is 6.92 Å². The van der Waals surface area contributed by atoms with Crippen LogP contribution >= 0.6 is 0 Å². The lowest BCUT2D eigenvalue weighted by molar-refractivity contribution is -0.733. The van der Waals surface area contributed by atoms with Crippen molar-refractivity contribution in [2.75, 3.05) is 0 Å². The number of para-hydroxylation sites is 1. The predicted octanol–water partition coefficient (Wildman–Crippen LogP) is 3.71. The quantitative estimate of drug-likeness (QED) is 0.317. The van der Waals surface area contributed by atoms with Gasteiger partial charge in [-0.25, -0.2) is 4.79 Å². The number of aliphatic hydroxyl groups is 1. The van der Waals surface area contributed by atoms with Crippen LogP contribution in [0.15, 0.2) is 24.4 Å². The van der Waals surface area contributed by atoms with Gasteiger partial charge >= 0.3 is 6.16 Å². The highest BCUT2D eigenvalue weighted by molar-refractivity contribution is 5.77. The van der Waals surface area contributed by atoms with E-state index in [1.165, 1.54) is 10.8 Å². The SMILES string of the molecule is Cc1c(O)c(CO)c(C=O)c[n+]1COC(=O)Oc1c(C(C)C)cccc1C(C)C. The summed E-state index contributed by atoms with van der Waals surface area (Å²) in [5.74, 6) is 0.593. The molecule has 1 aromatic carbocycles. The molecule has 0 amide bonds. The maximum absolute atomic E-state index is 12.4. The summed E-state index contributed by atoms with van der Waals surface area (Å²) >= 11 is 0. The summed E-state index contributed by atoms with van der Waals surface area (Å²) in [7, 11) is 0. The molecule has 0 spiro atoms. The van der Waals surface area contributed by atoms with Crippen molar-refractivity contribution >= 4 is 12.4 Å². The van der Waals surface area contributed by atoms with Crippen LogP contribution in [0.1, 0.15) is 72.3 Å². The van der Waals surface area contributed by atoms with Crippen molar-refractivity contribution in [2.24, 2.45) is 0 Å². The highest BCUT2D eigenvalue weighted by atomic mass is 16.7. The van der Waals surface area contributed by atoms with Crippen molar-refractivity contribution < 1.29 is 33.8 Å². The van der Waals surface area contributed by atoms with E-state index in [0.717, 1.165) is 11.1 Å². The summed E-state index contributed by atoms with van der Waals surface area (Å²) in [6, 6.07) is 5.77. The number of ether oxygens (including phenoxy) is 2. The number of hydrogen-bond acceptors (Lipinski definition) is 6. The first kappa shape index (κ1) is 22.4. The van der Waals surface area contributed by atoms with Crippen LogP contribution in [-0.4, -0.2) is 22.7 Å². The number of aliphatic hydroxyl groups excluding tert-OH is 1. The molecule has 2 aromatic rings. The number of pyridine rings is 1. The third-order valence-electron chi connectivity index (χ3n) is 4.81. The number of hydrogen-bond donors (Lipinski definition) is 2. The second-order valence-electron chi connectivity index (χ2n) is 7.44. The van der Waals surface area contributed by atoms with Crippen molar-refractivity contribution in [3.05, 3.63) is 52.3 Å².